The predicted molar refractivity (Wildman–Crippen MR) is 49.8 cm³/mol. The monoisotopic (exact) mass is 274 g/mol. The van der Waals surface area contributed by atoms with Crippen LogP contribution in [0.1, 0.15) is 19.8 Å². The Morgan fingerprint density at radius 3 is 2.06 bits per heavy atom. The maximum Gasteiger partial charge on any atom is 0.463 e. The van der Waals surface area contributed by atoms with E-state index in [1.54, 1.807) is 0 Å². The Morgan fingerprint density at radius 2 is 1.67 bits per heavy atom. The van der Waals surface area contributed by atoms with Crippen LogP contribution in [0.5, 0.6) is 0 Å². The van der Waals surface area contributed by atoms with Crippen LogP contribution in [0.2, 0.25) is 0 Å². The quantitative estimate of drug-likeness (QED) is 0.750. The summed E-state index contributed by atoms with van der Waals surface area (Å²) in [5.41, 5.74) is 0. The number of carbonyl (C=O) groups excluding carboxylic acids is 2. The summed E-state index contributed by atoms with van der Waals surface area (Å²) in [7, 11) is 0. The topological polar surface area (TPSA) is 58.2 Å². The Hall–Kier alpha value is -1.41. The molecule has 0 heterocycles. The lowest BCUT2D eigenvalue weighted by Gasteiger charge is -2.21. The van der Waals surface area contributed by atoms with E-state index in [-0.39, 0.29) is 6.04 Å². The average molecular weight is 274 g/mol. The van der Waals surface area contributed by atoms with Crippen molar-refractivity contribution in [3.8, 4) is 0 Å². The van der Waals surface area contributed by atoms with Crippen molar-refractivity contribution in [2.45, 2.75) is 43.9 Å². The number of rotatable bonds is 4. The van der Waals surface area contributed by atoms with E-state index < -0.39 is 30.0 Å². The van der Waals surface area contributed by atoms with Crippen LogP contribution in [0, 0.1) is 0 Å². The largest absolute Gasteiger partial charge is 0.463 e. The molecule has 2 N–H and O–H groups in total. The minimum atomic E-state index is -5.98. The van der Waals surface area contributed by atoms with Crippen LogP contribution in [-0.4, -0.2) is 36.0 Å². The highest BCUT2D eigenvalue weighted by Crippen LogP contribution is 2.35. The number of carbonyl (C=O) groups is 2. The fraction of sp³-hybridized carbons (Fsp3) is 0.778. The summed E-state index contributed by atoms with van der Waals surface area (Å²) in [6, 6.07) is -1.54. The molecule has 1 saturated carbocycles. The first-order chi connectivity index (χ1) is 8.05. The first-order valence-electron chi connectivity index (χ1n) is 5.11. The van der Waals surface area contributed by atoms with Gasteiger partial charge in [-0.2, -0.15) is 22.0 Å². The summed E-state index contributed by atoms with van der Waals surface area (Å²) < 4.78 is 60.6. The summed E-state index contributed by atoms with van der Waals surface area (Å²) in [6.07, 6.45) is -4.53. The highest BCUT2D eigenvalue weighted by atomic mass is 19.4. The molecule has 1 fully saturated rings. The molecular weight excluding hydrogens is 263 g/mol. The highest BCUT2D eigenvalue weighted by molar-refractivity contribution is 5.90. The number of nitrogens with one attached hydrogen (secondary N) is 2. The average Bonchev–Trinajstić information content (AvgIpc) is 2.99. The lowest BCUT2D eigenvalue weighted by molar-refractivity contribution is -0.270. The van der Waals surface area contributed by atoms with E-state index >= 15 is 0 Å². The van der Waals surface area contributed by atoms with Crippen molar-refractivity contribution in [2.24, 2.45) is 0 Å². The van der Waals surface area contributed by atoms with Gasteiger partial charge in [0, 0.05) is 6.04 Å². The number of hydrogen-bond acceptors (Lipinski definition) is 2. The fourth-order valence-corrected chi connectivity index (χ4v) is 1.04. The maximum absolute atomic E-state index is 12.6. The van der Waals surface area contributed by atoms with E-state index in [2.05, 4.69) is 5.32 Å². The van der Waals surface area contributed by atoms with Crippen molar-refractivity contribution >= 4 is 11.8 Å². The van der Waals surface area contributed by atoms with Gasteiger partial charge in [0.2, 0.25) is 5.91 Å². The standard InChI is InChI=1S/C9H11F5N2O2/c1-4(6(17)16-5-2-3-5)15-7(18)8(10,11)9(12,13)14/h4-5H,2-3H2,1H3,(H,15,18)(H,16,17). The molecule has 1 aliphatic carbocycles. The zero-order valence-electron chi connectivity index (χ0n) is 9.28. The second-order valence-corrected chi connectivity index (χ2v) is 4.05. The SMILES string of the molecule is CC(NC(=O)C(F)(F)C(F)(F)F)C(=O)NC1CC1. The fourth-order valence-electron chi connectivity index (χ4n) is 1.04. The Labute approximate surface area is 98.9 Å². The van der Waals surface area contributed by atoms with Crippen LogP contribution in [0.4, 0.5) is 22.0 Å². The Balaban J connectivity index is 2.55. The Kier molecular flexibility index (Phi) is 3.82. The van der Waals surface area contributed by atoms with Crippen LogP contribution in [0.25, 0.3) is 0 Å². The molecule has 0 aromatic heterocycles. The highest BCUT2D eigenvalue weighted by Gasteiger charge is 2.63. The van der Waals surface area contributed by atoms with E-state index in [1.165, 1.54) is 5.32 Å². The van der Waals surface area contributed by atoms with E-state index in [0.717, 1.165) is 19.8 Å². The molecule has 104 valence electrons. The molecule has 18 heavy (non-hydrogen) atoms. The second-order valence-electron chi connectivity index (χ2n) is 4.05. The molecule has 0 radical (unpaired) electrons. The van der Waals surface area contributed by atoms with Crippen LogP contribution in [0.15, 0.2) is 0 Å². The van der Waals surface area contributed by atoms with Crippen LogP contribution in [-0.2, 0) is 9.59 Å². The summed E-state index contributed by atoms with van der Waals surface area (Å²) in [6.45, 7) is 1.03. The normalized spacial score (nSPS) is 18.1. The molecule has 1 unspecified atom stereocenters. The van der Waals surface area contributed by atoms with E-state index in [4.69, 9.17) is 0 Å². The molecular formula is C9H11F5N2O2. The molecule has 0 aromatic rings. The summed E-state index contributed by atoms with van der Waals surface area (Å²) >= 11 is 0. The zero-order chi connectivity index (χ0) is 14.1. The Morgan fingerprint density at radius 1 is 1.17 bits per heavy atom. The minimum absolute atomic E-state index is 0.0834. The van der Waals surface area contributed by atoms with Crippen molar-refractivity contribution < 1.29 is 31.5 Å². The van der Waals surface area contributed by atoms with Gasteiger partial charge in [0.15, 0.2) is 0 Å². The van der Waals surface area contributed by atoms with Crippen LogP contribution >= 0.6 is 0 Å². The minimum Gasteiger partial charge on any atom is -0.352 e. The molecule has 0 saturated heterocycles. The molecule has 9 heteroatoms. The van der Waals surface area contributed by atoms with E-state index in [1.807, 2.05) is 0 Å². The van der Waals surface area contributed by atoms with E-state index in [0.29, 0.717) is 0 Å². The third kappa shape index (κ3) is 3.30. The number of alkyl halides is 5. The van der Waals surface area contributed by atoms with Crippen molar-refractivity contribution in [1.82, 2.24) is 10.6 Å². The smallest absolute Gasteiger partial charge is 0.352 e. The molecule has 0 spiro atoms. The van der Waals surface area contributed by atoms with Gasteiger partial charge < -0.3 is 10.6 Å². The lowest BCUT2D eigenvalue weighted by Crippen LogP contribution is -2.55. The molecule has 4 nitrogen and oxygen atoms in total. The summed E-state index contributed by atoms with van der Waals surface area (Å²) in [4.78, 5) is 22.0. The molecule has 0 aromatic carbocycles. The van der Waals surface area contributed by atoms with Crippen molar-refractivity contribution in [3.63, 3.8) is 0 Å². The third-order valence-electron chi connectivity index (χ3n) is 2.31. The lowest BCUT2D eigenvalue weighted by atomic mass is 10.2. The van der Waals surface area contributed by atoms with Crippen molar-refractivity contribution in [1.29, 1.82) is 0 Å². The van der Waals surface area contributed by atoms with Gasteiger partial charge in [0.25, 0.3) is 0 Å². The van der Waals surface area contributed by atoms with Gasteiger partial charge in [0.1, 0.15) is 6.04 Å². The summed E-state index contributed by atoms with van der Waals surface area (Å²) in [5.74, 6) is -8.83. The maximum atomic E-state index is 12.6. The zero-order valence-corrected chi connectivity index (χ0v) is 9.28. The predicted octanol–water partition coefficient (Wildman–Crippen LogP) is 0.967. The number of hydrogen-bond donors (Lipinski definition) is 2. The van der Waals surface area contributed by atoms with Gasteiger partial charge in [-0.15, -0.1) is 0 Å². The molecule has 1 rings (SSSR count). The number of amides is 2. The molecule has 2 amide bonds. The van der Waals surface area contributed by atoms with Crippen LogP contribution < -0.4 is 10.6 Å². The molecule has 0 aliphatic heterocycles. The Bertz CT molecular complexity index is 351. The number of halogens is 5. The van der Waals surface area contributed by atoms with Gasteiger partial charge in [-0.1, -0.05) is 0 Å². The second kappa shape index (κ2) is 4.69. The van der Waals surface area contributed by atoms with Gasteiger partial charge in [0.05, 0.1) is 0 Å². The third-order valence-corrected chi connectivity index (χ3v) is 2.31. The van der Waals surface area contributed by atoms with Crippen molar-refractivity contribution in [2.75, 3.05) is 0 Å². The van der Waals surface area contributed by atoms with Gasteiger partial charge >= 0.3 is 18.0 Å². The van der Waals surface area contributed by atoms with Crippen LogP contribution in [0.3, 0.4) is 0 Å². The molecule has 1 aliphatic rings. The van der Waals surface area contributed by atoms with Gasteiger partial charge in [-0.25, -0.2) is 0 Å². The first-order valence-corrected chi connectivity index (χ1v) is 5.11. The molecule has 0 bridgehead atoms. The van der Waals surface area contributed by atoms with Gasteiger partial charge in [-0.3, -0.25) is 9.59 Å². The summed E-state index contributed by atoms with van der Waals surface area (Å²) in [5, 5.41) is 3.71. The van der Waals surface area contributed by atoms with E-state index in [9.17, 15) is 31.5 Å². The van der Waals surface area contributed by atoms with Gasteiger partial charge in [-0.05, 0) is 19.8 Å². The first kappa shape index (κ1) is 14.7. The van der Waals surface area contributed by atoms with Crippen molar-refractivity contribution in [3.05, 3.63) is 0 Å². The molecule has 1 atom stereocenters.